The predicted molar refractivity (Wildman–Crippen MR) is 59.4 cm³/mol. The van der Waals surface area contributed by atoms with Crippen LogP contribution in [0.25, 0.3) is 0 Å². The fourth-order valence-electron chi connectivity index (χ4n) is 1.36. The van der Waals surface area contributed by atoms with Gasteiger partial charge in [0.15, 0.2) is 0 Å². The zero-order chi connectivity index (χ0) is 11.1. The molecule has 0 saturated heterocycles. The van der Waals surface area contributed by atoms with Crippen LogP contribution in [-0.4, -0.2) is 24.5 Å². The van der Waals surface area contributed by atoms with E-state index in [4.69, 9.17) is 0 Å². The molecular weight excluding hydrogens is 190 g/mol. The molecule has 0 saturated carbocycles. The number of carbonyl (C=O) groups is 1. The van der Waals surface area contributed by atoms with E-state index < -0.39 is 0 Å². The summed E-state index contributed by atoms with van der Waals surface area (Å²) >= 11 is 0. The van der Waals surface area contributed by atoms with Crippen LogP contribution in [0.15, 0.2) is 18.3 Å². The summed E-state index contributed by atoms with van der Waals surface area (Å²) in [5, 5.41) is 5.61. The molecule has 0 aliphatic carbocycles. The molecule has 2 N–H and O–H groups in total. The molecule has 15 heavy (non-hydrogen) atoms. The number of likely N-dealkylation sites (N-methyl/N-ethyl adjacent to an activating group) is 1. The molecule has 0 radical (unpaired) electrons. The summed E-state index contributed by atoms with van der Waals surface area (Å²) in [5.41, 5.74) is 2.13. The van der Waals surface area contributed by atoms with Crippen molar-refractivity contribution in [1.29, 1.82) is 0 Å². The number of carbonyl (C=O) groups excluding carboxylic acids is 1. The van der Waals surface area contributed by atoms with Crippen LogP contribution in [0.4, 0.5) is 0 Å². The zero-order valence-corrected chi connectivity index (χ0v) is 9.21. The second kappa shape index (κ2) is 6.14. The third-order valence-electron chi connectivity index (χ3n) is 2.16. The second-order valence-electron chi connectivity index (χ2n) is 3.27. The first-order valence-corrected chi connectivity index (χ1v) is 5.12. The van der Waals surface area contributed by atoms with Crippen molar-refractivity contribution in [2.75, 3.05) is 13.6 Å². The van der Waals surface area contributed by atoms with Crippen molar-refractivity contribution in [1.82, 2.24) is 15.6 Å². The number of nitrogens with one attached hydrogen (secondary N) is 2. The van der Waals surface area contributed by atoms with Crippen LogP contribution in [0.5, 0.6) is 0 Å². The molecular formula is C11H17N3O. The first-order valence-electron chi connectivity index (χ1n) is 5.12. The van der Waals surface area contributed by atoms with Gasteiger partial charge in [-0.25, -0.2) is 0 Å². The Bertz CT molecular complexity index is 325. The van der Waals surface area contributed by atoms with Gasteiger partial charge in [0.2, 0.25) is 5.91 Å². The van der Waals surface area contributed by atoms with Crippen LogP contribution >= 0.6 is 0 Å². The summed E-state index contributed by atoms with van der Waals surface area (Å²) in [4.78, 5) is 15.5. The molecule has 1 heterocycles. The molecule has 0 unspecified atom stereocenters. The van der Waals surface area contributed by atoms with Crippen molar-refractivity contribution in [3.05, 3.63) is 29.6 Å². The zero-order valence-electron chi connectivity index (χ0n) is 9.21. The molecule has 1 aromatic rings. The lowest BCUT2D eigenvalue weighted by Crippen LogP contribution is -2.32. The average Bonchev–Trinajstić information content (AvgIpc) is 2.27. The monoisotopic (exact) mass is 207 g/mol. The Balaban J connectivity index is 2.53. The van der Waals surface area contributed by atoms with E-state index in [1.54, 1.807) is 13.2 Å². The fourth-order valence-corrected chi connectivity index (χ4v) is 1.36. The van der Waals surface area contributed by atoms with Crippen molar-refractivity contribution in [2.45, 2.75) is 19.9 Å². The van der Waals surface area contributed by atoms with Gasteiger partial charge in [-0.1, -0.05) is 13.0 Å². The van der Waals surface area contributed by atoms with E-state index in [-0.39, 0.29) is 5.91 Å². The fraction of sp³-hybridized carbons (Fsp3) is 0.455. The molecule has 82 valence electrons. The van der Waals surface area contributed by atoms with Crippen LogP contribution in [0.3, 0.4) is 0 Å². The van der Waals surface area contributed by atoms with E-state index in [9.17, 15) is 4.79 Å². The van der Waals surface area contributed by atoms with Crippen molar-refractivity contribution < 1.29 is 4.79 Å². The summed E-state index contributed by atoms with van der Waals surface area (Å²) in [6.45, 7) is 2.93. The molecule has 1 amide bonds. The third kappa shape index (κ3) is 3.67. The highest BCUT2D eigenvalue weighted by Gasteiger charge is 2.03. The number of aromatic nitrogens is 1. The van der Waals surface area contributed by atoms with Gasteiger partial charge in [0.1, 0.15) is 0 Å². The van der Waals surface area contributed by atoms with Gasteiger partial charge in [0.05, 0.1) is 18.8 Å². The lowest BCUT2D eigenvalue weighted by atomic mass is 10.1. The van der Waals surface area contributed by atoms with E-state index in [0.717, 1.165) is 12.1 Å². The summed E-state index contributed by atoms with van der Waals surface area (Å²) in [5.74, 6) is -0.00907. The topological polar surface area (TPSA) is 54.0 Å². The van der Waals surface area contributed by atoms with E-state index >= 15 is 0 Å². The highest BCUT2D eigenvalue weighted by Crippen LogP contribution is 2.05. The lowest BCUT2D eigenvalue weighted by molar-refractivity contribution is -0.120. The van der Waals surface area contributed by atoms with Crippen molar-refractivity contribution >= 4 is 5.91 Å². The van der Waals surface area contributed by atoms with Crippen LogP contribution < -0.4 is 10.6 Å². The maximum Gasteiger partial charge on any atom is 0.234 e. The summed E-state index contributed by atoms with van der Waals surface area (Å²) in [6.07, 6.45) is 2.68. The summed E-state index contributed by atoms with van der Waals surface area (Å²) in [7, 11) is 1.75. The normalized spacial score (nSPS) is 10.0. The molecule has 0 aliphatic heterocycles. The Morgan fingerprint density at radius 1 is 1.53 bits per heavy atom. The van der Waals surface area contributed by atoms with Crippen LogP contribution in [0, 0.1) is 0 Å². The van der Waals surface area contributed by atoms with Gasteiger partial charge in [0.25, 0.3) is 0 Å². The van der Waals surface area contributed by atoms with Gasteiger partial charge in [-0.3, -0.25) is 9.78 Å². The number of rotatable bonds is 5. The lowest BCUT2D eigenvalue weighted by Gasteiger charge is -2.07. The van der Waals surface area contributed by atoms with Crippen molar-refractivity contribution in [3.8, 4) is 0 Å². The summed E-state index contributed by atoms with van der Waals surface area (Å²) < 4.78 is 0. The molecule has 1 rings (SSSR count). The molecule has 4 heteroatoms. The second-order valence-corrected chi connectivity index (χ2v) is 3.27. The quantitative estimate of drug-likeness (QED) is 0.738. The van der Waals surface area contributed by atoms with Gasteiger partial charge in [-0.15, -0.1) is 0 Å². The van der Waals surface area contributed by atoms with Crippen LogP contribution in [0.2, 0.25) is 0 Å². The van der Waals surface area contributed by atoms with Crippen LogP contribution in [0.1, 0.15) is 18.2 Å². The number of hydrogen-bond donors (Lipinski definition) is 2. The van der Waals surface area contributed by atoms with E-state index in [0.29, 0.717) is 13.1 Å². The van der Waals surface area contributed by atoms with E-state index in [1.807, 2.05) is 12.1 Å². The smallest absolute Gasteiger partial charge is 0.234 e. The standard InChI is InChI=1S/C11H17N3O/c1-3-9-5-4-6-13-10(9)7-14-11(15)8-12-2/h4-6,12H,3,7-8H2,1-2H3,(H,14,15). The minimum atomic E-state index is -0.00907. The molecule has 0 atom stereocenters. The minimum Gasteiger partial charge on any atom is -0.349 e. The Morgan fingerprint density at radius 3 is 3.00 bits per heavy atom. The van der Waals surface area contributed by atoms with Gasteiger partial charge in [0, 0.05) is 6.20 Å². The summed E-state index contributed by atoms with van der Waals surface area (Å²) in [6, 6.07) is 3.95. The largest absolute Gasteiger partial charge is 0.349 e. The Labute approximate surface area is 90.1 Å². The molecule has 0 fully saturated rings. The van der Waals surface area contributed by atoms with Gasteiger partial charge in [-0.2, -0.15) is 0 Å². The number of amides is 1. The molecule has 0 aliphatic rings. The van der Waals surface area contributed by atoms with Crippen molar-refractivity contribution in [2.24, 2.45) is 0 Å². The Morgan fingerprint density at radius 2 is 2.33 bits per heavy atom. The maximum absolute atomic E-state index is 11.2. The molecule has 0 spiro atoms. The van der Waals surface area contributed by atoms with Crippen molar-refractivity contribution in [3.63, 3.8) is 0 Å². The predicted octanol–water partition coefficient (Wildman–Crippen LogP) is 0.480. The number of aryl methyl sites for hydroxylation is 1. The first-order chi connectivity index (χ1) is 7.27. The molecule has 1 aromatic heterocycles. The highest BCUT2D eigenvalue weighted by atomic mass is 16.1. The molecule has 0 aromatic carbocycles. The highest BCUT2D eigenvalue weighted by molar-refractivity contribution is 5.77. The first kappa shape index (κ1) is 11.7. The van der Waals surface area contributed by atoms with Gasteiger partial charge >= 0.3 is 0 Å². The van der Waals surface area contributed by atoms with Crippen LogP contribution in [-0.2, 0) is 17.8 Å². The van der Waals surface area contributed by atoms with Gasteiger partial charge < -0.3 is 10.6 Å². The van der Waals surface area contributed by atoms with E-state index in [2.05, 4.69) is 22.5 Å². The maximum atomic E-state index is 11.2. The molecule has 0 bridgehead atoms. The molecule has 4 nitrogen and oxygen atoms in total. The minimum absolute atomic E-state index is 0.00907. The number of hydrogen-bond acceptors (Lipinski definition) is 3. The third-order valence-corrected chi connectivity index (χ3v) is 2.16. The Hall–Kier alpha value is -1.42. The average molecular weight is 207 g/mol. The number of nitrogens with zero attached hydrogens (tertiary/aromatic N) is 1. The SMILES string of the molecule is CCc1cccnc1CNC(=O)CNC. The number of pyridine rings is 1. The Kier molecular flexibility index (Phi) is 4.77. The van der Waals surface area contributed by atoms with E-state index in [1.165, 1.54) is 5.56 Å². The van der Waals surface area contributed by atoms with Gasteiger partial charge in [-0.05, 0) is 25.1 Å².